The summed E-state index contributed by atoms with van der Waals surface area (Å²) in [6.07, 6.45) is 4.60. The van der Waals surface area contributed by atoms with Crippen LogP contribution in [0.4, 0.5) is 5.82 Å². The van der Waals surface area contributed by atoms with Crippen LogP contribution in [0.25, 0.3) is 21.3 Å². The van der Waals surface area contributed by atoms with Gasteiger partial charge in [-0.15, -0.1) is 11.3 Å². The van der Waals surface area contributed by atoms with E-state index in [2.05, 4.69) is 27.8 Å². The highest BCUT2D eigenvalue weighted by Gasteiger charge is 2.22. The van der Waals surface area contributed by atoms with Crippen molar-refractivity contribution in [2.75, 3.05) is 5.32 Å². The molecule has 5 rings (SSSR count). The lowest BCUT2D eigenvalue weighted by Crippen LogP contribution is -2.12. The van der Waals surface area contributed by atoms with Gasteiger partial charge in [-0.2, -0.15) is 0 Å². The summed E-state index contributed by atoms with van der Waals surface area (Å²) in [6, 6.07) is 12.2. The van der Waals surface area contributed by atoms with Gasteiger partial charge in [0, 0.05) is 15.6 Å². The zero-order chi connectivity index (χ0) is 20.0. The fourth-order valence-corrected chi connectivity index (χ4v) is 5.33. The highest BCUT2D eigenvalue weighted by atomic mass is 35.5. The van der Waals surface area contributed by atoms with E-state index in [1.54, 1.807) is 0 Å². The molecule has 0 saturated heterocycles. The van der Waals surface area contributed by atoms with Gasteiger partial charge >= 0.3 is 0 Å². The number of nitrogens with zero attached hydrogens (tertiary/aromatic N) is 2. The van der Waals surface area contributed by atoms with Crippen LogP contribution < -0.4 is 5.32 Å². The van der Waals surface area contributed by atoms with Crippen LogP contribution in [0.1, 0.15) is 39.2 Å². The fraction of sp³-hybridized carbons (Fsp3) is 0.227. The monoisotopic (exact) mass is 423 g/mol. The van der Waals surface area contributed by atoms with Crippen LogP contribution in [-0.2, 0) is 12.8 Å². The van der Waals surface area contributed by atoms with Crippen molar-refractivity contribution in [1.82, 2.24) is 10.3 Å². The maximum absolute atomic E-state index is 12.9. The number of carbonyl (C=O) groups excluding carboxylic acids is 1. The SMILES string of the molecule is Cc1ccc2c(Cl)c(C(=O)Nc3nonc3-c3ccc4c(c3)CCCC4)sc2c1. The van der Waals surface area contributed by atoms with Gasteiger partial charge in [-0.1, -0.05) is 35.9 Å². The second-order valence-corrected chi connectivity index (χ2v) is 8.78. The van der Waals surface area contributed by atoms with E-state index in [-0.39, 0.29) is 5.91 Å². The standard InChI is InChI=1S/C22H18ClN3O2S/c1-12-6-9-16-17(10-12)29-20(18(16)23)22(27)24-21-19(25-28-26-21)15-8-7-13-4-2-3-5-14(13)11-15/h6-11H,2-5H2,1H3,(H,24,26,27). The maximum Gasteiger partial charge on any atom is 0.268 e. The molecule has 5 nitrogen and oxygen atoms in total. The van der Waals surface area contributed by atoms with Crippen molar-refractivity contribution >= 4 is 44.7 Å². The Morgan fingerprint density at radius 3 is 2.79 bits per heavy atom. The van der Waals surface area contributed by atoms with Crippen molar-refractivity contribution in [3.63, 3.8) is 0 Å². The number of aromatic nitrogens is 2. The molecule has 0 saturated carbocycles. The number of benzene rings is 2. The average Bonchev–Trinajstić information content (AvgIpc) is 3.31. The third-order valence-electron chi connectivity index (χ3n) is 5.33. The summed E-state index contributed by atoms with van der Waals surface area (Å²) in [5, 5.41) is 12.1. The van der Waals surface area contributed by atoms with E-state index in [4.69, 9.17) is 16.2 Å². The van der Waals surface area contributed by atoms with Crippen molar-refractivity contribution in [2.24, 2.45) is 0 Å². The Bertz CT molecular complexity index is 1240. The smallest absolute Gasteiger partial charge is 0.268 e. The molecule has 2 aromatic carbocycles. The van der Waals surface area contributed by atoms with Crippen molar-refractivity contribution in [3.05, 3.63) is 63.0 Å². The first-order valence-corrected chi connectivity index (χ1v) is 10.7. The lowest BCUT2D eigenvalue weighted by molar-refractivity contribution is 0.102. The van der Waals surface area contributed by atoms with E-state index in [0.29, 0.717) is 21.4 Å². The molecule has 0 fully saturated rings. The summed E-state index contributed by atoms with van der Waals surface area (Å²) in [7, 11) is 0. The second-order valence-electron chi connectivity index (χ2n) is 7.35. The predicted molar refractivity (Wildman–Crippen MR) is 116 cm³/mol. The summed E-state index contributed by atoms with van der Waals surface area (Å²) >= 11 is 7.84. The molecule has 0 radical (unpaired) electrons. The molecule has 0 atom stereocenters. The number of thiophene rings is 1. The zero-order valence-electron chi connectivity index (χ0n) is 15.8. The van der Waals surface area contributed by atoms with Gasteiger partial charge in [-0.25, -0.2) is 4.63 Å². The lowest BCUT2D eigenvalue weighted by Gasteiger charge is -2.16. The summed E-state index contributed by atoms with van der Waals surface area (Å²) in [6.45, 7) is 2.01. The summed E-state index contributed by atoms with van der Waals surface area (Å²) in [4.78, 5) is 13.4. The van der Waals surface area contributed by atoms with Crippen molar-refractivity contribution in [1.29, 1.82) is 0 Å². The normalized spacial score (nSPS) is 13.4. The number of fused-ring (bicyclic) bond motifs is 2. The molecule has 2 aromatic heterocycles. The number of hydrogen-bond donors (Lipinski definition) is 1. The number of aryl methyl sites for hydroxylation is 3. The van der Waals surface area contributed by atoms with Crippen molar-refractivity contribution in [3.8, 4) is 11.3 Å². The molecule has 1 aliphatic rings. The molecule has 7 heteroatoms. The molecule has 0 bridgehead atoms. The van der Waals surface area contributed by atoms with E-state index >= 15 is 0 Å². The third kappa shape index (κ3) is 3.32. The van der Waals surface area contributed by atoms with Crippen LogP contribution in [0.15, 0.2) is 41.0 Å². The van der Waals surface area contributed by atoms with Crippen LogP contribution >= 0.6 is 22.9 Å². The highest BCUT2D eigenvalue weighted by Crippen LogP contribution is 2.37. The topological polar surface area (TPSA) is 68.0 Å². The van der Waals surface area contributed by atoms with E-state index in [1.807, 2.05) is 31.2 Å². The molecular formula is C22H18ClN3O2S. The van der Waals surface area contributed by atoms with Gasteiger partial charge in [0.15, 0.2) is 5.69 Å². The maximum atomic E-state index is 12.9. The Hall–Kier alpha value is -2.70. The van der Waals surface area contributed by atoms with Gasteiger partial charge in [0.25, 0.3) is 5.91 Å². The largest absolute Gasteiger partial charge is 0.301 e. The van der Waals surface area contributed by atoms with Crippen LogP contribution in [0.5, 0.6) is 0 Å². The summed E-state index contributed by atoms with van der Waals surface area (Å²) in [5.41, 5.74) is 5.25. The molecule has 1 amide bonds. The van der Waals surface area contributed by atoms with Gasteiger partial charge in [0.05, 0.1) is 5.02 Å². The molecule has 1 N–H and O–H groups in total. The second kappa shape index (κ2) is 7.28. The number of hydrogen-bond acceptors (Lipinski definition) is 5. The van der Waals surface area contributed by atoms with Crippen LogP contribution in [0.3, 0.4) is 0 Å². The minimum Gasteiger partial charge on any atom is -0.301 e. The highest BCUT2D eigenvalue weighted by molar-refractivity contribution is 7.21. The van der Waals surface area contributed by atoms with E-state index < -0.39 is 0 Å². The quantitative estimate of drug-likeness (QED) is 0.436. The van der Waals surface area contributed by atoms with Gasteiger partial charge in [0.1, 0.15) is 4.88 Å². The van der Waals surface area contributed by atoms with Crippen LogP contribution in [-0.4, -0.2) is 16.2 Å². The first kappa shape index (κ1) is 18.3. The average molecular weight is 424 g/mol. The molecule has 1 aliphatic carbocycles. The van der Waals surface area contributed by atoms with Gasteiger partial charge in [0.2, 0.25) is 5.82 Å². The number of carbonyl (C=O) groups is 1. The van der Waals surface area contributed by atoms with Gasteiger partial charge in [-0.3, -0.25) is 4.79 Å². The Labute approximate surface area is 176 Å². The molecule has 4 aromatic rings. The molecule has 0 spiro atoms. The number of rotatable bonds is 3. The van der Waals surface area contributed by atoms with E-state index in [1.165, 1.54) is 35.3 Å². The Kier molecular flexibility index (Phi) is 4.60. The molecule has 29 heavy (non-hydrogen) atoms. The van der Waals surface area contributed by atoms with Gasteiger partial charge < -0.3 is 5.32 Å². The first-order valence-electron chi connectivity index (χ1n) is 9.55. The molecule has 146 valence electrons. The van der Waals surface area contributed by atoms with Crippen molar-refractivity contribution in [2.45, 2.75) is 32.6 Å². The number of nitrogens with one attached hydrogen (secondary N) is 1. The Morgan fingerprint density at radius 2 is 1.93 bits per heavy atom. The van der Waals surface area contributed by atoms with Gasteiger partial charge in [-0.05, 0) is 71.7 Å². The Balaban J connectivity index is 1.46. The van der Waals surface area contributed by atoms with Crippen LogP contribution in [0, 0.1) is 6.92 Å². The van der Waals surface area contributed by atoms with Crippen LogP contribution in [0.2, 0.25) is 5.02 Å². The molecule has 2 heterocycles. The predicted octanol–water partition coefficient (Wildman–Crippen LogP) is 6.04. The summed E-state index contributed by atoms with van der Waals surface area (Å²) in [5.74, 6) is -0.0146. The number of amides is 1. The zero-order valence-corrected chi connectivity index (χ0v) is 17.4. The first-order chi connectivity index (χ1) is 14.1. The lowest BCUT2D eigenvalue weighted by atomic mass is 9.90. The van der Waals surface area contributed by atoms with Crippen molar-refractivity contribution < 1.29 is 9.42 Å². The molecule has 0 unspecified atom stereocenters. The summed E-state index contributed by atoms with van der Waals surface area (Å²) < 4.78 is 5.92. The Morgan fingerprint density at radius 1 is 1.10 bits per heavy atom. The minimum absolute atomic E-state index is 0.301. The van der Waals surface area contributed by atoms with E-state index in [9.17, 15) is 4.79 Å². The minimum atomic E-state index is -0.316. The molecular weight excluding hydrogens is 406 g/mol. The van der Waals surface area contributed by atoms with E-state index in [0.717, 1.165) is 34.1 Å². The number of halogens is 1. The fourth-order valence-electron chi connectivity index (χ4n) is 3.82. The third-order valence-corrected chi connectivity index (χ3v) is 6.99. The molecule has 0 aliphatic heterocycles. The number of anilines is 1.